The minimum Gasteiger partial charge on any atom is -0.316 e. The second kappa shape index (κ2) is 8.25. The van der Waals surface area contributed by atoms with E-state index in [9.17, 15) is 4.39 Å². The molecule has 1 aromatic carbocycles. The molecule has 0 aliphatic carbocycles. The molecule has 0 saturated carbocycles. The van der Waals surface area contributed by atoms with Crippen molar-refractivity contribution in [1.82, 2.24) is 10.3 Å². The van der Waals surface area contributed by atoms with Crippen molar-refractivity contribution in [2.45, 2.75) is 26.7 Å². The highest BCUT2D eigenvalue weighted by Crippen LogP contribution is 2.17. The fraction of sp³-hybridized carbons (Fsp3) is 0.471. The summed E-state index contributed by atoms with van der Waals surface area (Å²) in [5.74, 6) is 0.952. The quantitative estimate of drug-likeness (QED) is 0.799. The Labute approximate surface area is 130 Å². The van der Waals surface area contributed by atoms with Crippen LogP contribution >= 0.6 is 11.3 Å². The summed E-state index contributed by atoms with van der Waals surface area (Å²) in [6.45, 7) is 6.38. The van der Waals surface area contributed by atoms with Gasteiger partial charge in [-0.15, -0.1) is 11.3 Å². The summed E-state index contributed by atoms with van der Waals surface area (Å²) in [6.07, 6.45) is 3.82. The topological polar surface area (TPSA) is 24.9 Å². The Balaban J connectivity index is 1.96. The zero-order valence-electron chi connectivity index (χ0n) is 12.7. The van der Waals surface area contributed by atoms with E-state index >= 15 is 0 Å². The second-order valence-corrected chi connectivity index (χ2v) is 6.89. The van der Waals surface area contributed by atoms with Crippen molar-refractivity contribution < 1.29 is 4.39 Å². The third kappa shape index (κ3) is 5.94. The largest absolute Gasteiger partial charge is 0.316 e. The van der Waals surface area contributed by atoms with E-state index in [-0.39, 0.29) is 5.82 Å². The average Bonchev–Trinajstić information content (AvgIpc) is 2.91. The van der Waals surface area contributed by atoms with Crippen LogP contribution < -0.4 is 5.32 Å². The molecule has 0 aliphatic heterocycles. The molecule has 2 rings (SSSR count). The van der Waals surface area contributed by atoms with E-state index in [1.165, 1.54) is 10.9 Å². The number of aromatic nitrogens is 1. The zero-order chi connectivity index (χ0) is 15.1. The van der Waals surface area contributed by atoms with Gasteiger partial charge in [0, 0.05) is 11.1 Å². The zero-order valence-corrected chi connectivity index (χ0v) is 13.5. The molecule has 1 aromatic heterocycles. The predicted octanol–water partition coefficient (Wildman–Crippen LogP) is 3.93. The molecule has 0 bridgehead atoms. The van der Waals surface area contributed by atoms with Crippen molar-refractivity contribution >= 4 is 11.3 Å². The van der Waals surface area contributed by atoms with Gasteiger partial charge in [-0.05, 0) is 55.5 Å². The molecule has 114 valence electrons. The van der Waals surface area contributed by atoms with Gasteiger partial charge in [-0.1, -0.05) is 26.0 Å². The maximum atomic E-state index is 13.3. The van der Waals surface area contributed by atoms with Gasteiger partial charge in [0.1, 0.15) is 5.82 Å². The lowest BCUT2D eigenvalue weighted by atomic mass is 9.95. The molecule has 21 heavy (non-hydrogen) atoms. The first-order valence-electron chi connectivity index (χ1n) is 7.46. The molecule has 1 unspecified atom stereocenters. The van der Waals surface area contributed by atoms with Crippen LogP contribution in [0.5, 0.6) is 0 Å². The number of benzene rings is 1. The third-order valence-electron chi connectivity index (χ3n) is 3.37. The molecule has 1 heterocycles. The Kier molecular flexibility index (Phi) is 6.33. The van der Waals surface area contributed by atoms with Crippen molar-refractivity contribution in [3.05, 3.63) is 52.2 Å². The van der Waals surface area contributed by atoms with Crippen molar-refractivity contribution in [2.24, 2.45) is 11.8 Å². The molecule has 0 amide bonds. The summed E-state index contributed by atoms with van der Waals surface area (Å²) in [7, 11) is 0. The first-order valence-corrected chi connectivity index (χ1v) is 8.34. The van der Waals surface area contributed by atoms with Gasteiger partial charge in [-0.3, -0.25) is 4.98 Å². The lowest BCUT2D eigenvalue weighted by Crippen LogP contribution is -2.28. The van der Waals surface area contributed by atoms with Crippen molar-refractivity contribution in [3.63, 3.8) is 0 Å². The van der Waals surface area contributed by atoms with Gasteiger partial charge in [0.2, 0.25) is 0 Å². The van der Waals surface area contributed by atoms with Crippen LogP contribution in [0.25, 0.3) is 0 Å². The van der Waals surface area contributed by atoms with E-state index in [1.54, 1.807) is 23.5 Å². The van der Waals surface area contributed by atoms with Gasteiger partial charge in [0.05, 0.1) is 5.51 Å². The number of thiazole rings is 1. The smallest absolute Gasteiger partial charge is 0.123 e. The van der Waals surface area contributed by atoms with E-state index in [1.807, 2.05) is 17.8 Å². The highest BCUT2D eigenvalue weighted by molar-refractivity contribution is 7.09. The van der Waals surface area contributed by atoms with Gasteiger partial charge in [-0.25, -0.2) is 4.39 Å². The monoisotopic (exact) mass is 306 g/mol. The normalized spacial score (nSPS) is 12.8. The lowest BCUT2D eigenvalue weighted by Gasteiger charge is -2.18. The van der Waals surface area contributed by atoms with E-state index in [0.29, 0.717) is 11.8 Å². The Morgan fingerprint density at radius 3 is 2.76 bits per heavy atom. The molecule has 0 radical (unpaired) electrons. The Morgan fingerprint density at radius 2 is 2.10 bits per heavy atom. The van der Waals surface area contributed by atoms with Gasteiger partial charge >= 0.3 is 0 Å². The predicted molar refractivity (Wildman–Crippen MR) is 87.1 cm³/mol. The van der Waals surface area contributed by atoms with Crippen LogP contribution in [0, 0.1) is 17.7 Å². The number of rotatable bonds is 8. The molecule has 0 spiro atoms. The van der Waals surface area contributed by atoms with Crippen LogP contribution in [-0.2, 0) is 12.8 Å². The molecular formula is C17H23FN2S. The first kappa shape index (κ1) is 16.1. The van der Waals surface area contributed by atoms with Crippen molar-refractivity contribution in [3.8, 4) is 0 Å². The Morgan fingerprint density at radius 1 is 1.24 bits per heavy atom. The maximum Gasteiger partial charge on any atom is 0.123 e. The van der Waals surface area contributed by atoms with Crippen LogP contribution in [0.15, 0.2) is 36.0 Å². The summed E-state index contributed by atoms with van der Waals surface area (Å²) in [5, 5.41) is 3.52. The van der Waals surface area contributed by atoms with Gasteiger partial charge < -0.3 is 5.32 Å². The number of hydrogen-bond acceptors (Lipinski definition) is 3. The van der Waals surface area contributed by atoms with Crippen LogP contribution in [0.3, 0.4) is 0 Å². The highest BCUT2D eigenvalue weighted by atomic mass is 32.1. The molecule has 2 nitrogen and oxygen atoms in total. The second-order valence-electron chi connectivity index (χ2n) is 5.92. The number of nitrogens with zero attached hydrogens (tertiary/aromatic N) is 1. The molecule has 4 heteroatoms. The minimum atomic E-state index is -0.154. The Bertz CT molecular complexity index is 525. The van der Waals surface area contributed by atoms with E-state index < -0.39 is 0 Å². The van der Waals surface area contributed by atoms with E-state index in [0.717, 1.165) is 31.5 Å². The molecule has 1 N–H and O–H groups in total. The molecular weight excluding hydrogens is 283 g/mol. The average molecular weight is 306 g/mol. The van der Waals surface area contributed by atoms with Crippen molar-refractivity contribution in [1.29, 1.82) is 0 Å². The van der Waals surface area contributed by atoms with Crippen LogP contribution in [-0.4, -0.2) is 18.1 Å². The summed E-state index contributed by atoms with van der Waals surface area (Å²) in [6, 6.07) is 6.93. The Hall–Kier alpha value is -1.26. The van der Waals surface area contributed by atoms with E-state index in [4.69, 9.17) is 0 Å². The van der Waals surface area contributed by atoms with Crippen LogP contribution in [0.2, 0.25) is 0 Å². The van der Waals surface area contributed by atoms with Crippen molar-refractivity contribution in [2.75, 3.05) is 13.1 Å². The lowest BCUT2D eigenvalue weighted by molar-refractivity contribution is 0.446. The number of nitrogens with one attached hydrogen (secondary N) is 1. The minimum absolute atomic E-state index is 0.154. The summed E-state index contributed by atoms with van der Waals surface area (Å²) < 4.78 is 13.3. The maximum absolute atomic E-state index is 13.3. The highest BCUT2D eigenvalue weighted by Gasteiger charge is 2.12. The fourth-order valence-corrected chi connectivity index (χ4v) is 3.13. The molecule has 1 atom stereocenters. The third-order valence-corrected chi connectivity index (χ3v) is 4.17. The number of hydrogen-bond donors (Lipinski definition) is 1. The summed E-state index contributed by atoms with van der Waals surface area (Å²) in [5.41, 5.74) is 2.94. The molecule has 0 fully saturated rings. The van der Waals surface area contributed by atoms with Gasteiger partial charge in [0.25, 0.3) is 0 Å². The SMILES string of the molecule is CC(C)CNCC(Cc1cccc(F)c1)Cc1cncs1. The van der Waals surface area contributed by atoms with Gasteiger partial charge in [-0.2, -0.15) is 0 Å². The van der Waals surface area contributed by atoms with Gasteiger partial charge in [0.15, 0.2) is 0 Å². The molecule has 2 aromatic rings. The standard InChI is InChI=1S/C17H23FN2S/c1-13(2)9-19-10-15(8-17-11-20-12-21-17)6-14-4-3-5-16(18)7-14/h3-5,7,11-13,15,19H,6,8-10H2,1-2H3. The fourth-order valence-electron chi connectivity index (χ4n) is 2.42. The van der Waals surface area contributed by atoms with Crippen LogP contribution in [0.1, 0.15) is 24.3 Å². The molecule has 0 saturated heterocycles. The van der Waals surface area contributed by atoms with E-state index in [2.05, 4.69) is 24.1 Å². The molecule has 0 aliphatic rings. The van der Waals surface area contributed by atoms with Crippen LogP contribution in [0.4, 0.5) is 4.39 Å². The number of halogens is 1. The summed E-state index contributed by atoms with van der Waals surface area (Å²) in [4.78, 5) is 5.44. The first-order chi connectivity index (χ1) is 10.1. The summed E-state index contributed by atoms with van der Waals surface area (Å²) >= 11 is 1.69.